The second-order valence-electron chi connectivity index (χ2n) is 4.09. The van der Waals surface area contributed by atoms with E-state index in [1.807, 2.05) is 19.9 Å². The Labute approximate surface area is 102 Å². The first kappa shape index (κ1) is 13.4. The molecule has 0 N–H and O–H groups in total. The number of ether oxygens (including phenoxy) is 2. The molecule has 0 saturated heterocycles. The van der Waals surface area contributed by atoms with Crippen LogP contribution in [0.15, 0.2) is 18.2 Å². The van der Waals surface area contributed by atoms with Gasteiger partial charge in [0.25, 0.3) is 0 Å². The van der Waals surface area contributed by atoms with Crippen molar-refractivity contribution in [3.63, 3.8) is 0 Å². The predicted octanol–water partition coefficient (Wildman–Crippen LogP) is 2.32. The lowest BCUT2D eigenvalue weighted by molar-refractivity contribution is -0.121. The van der Waals surface area contributed by atoms with Crippen LogP contribution in [0.25, 0.3) is 0 Å². The standard InChI is InChI=1S/C13H19NO3/c1-9(2)13(15)14(3)10-6-7-11(16-4)12(8-10)17-5/h6-9H,1-5H3. The van der Waals surface area contributed by atoms with Gasteiger partial charge in [0.05, 0.1) is 14.2 Å². The summed E-state index contributed by atoms with van der Waals surface area (Å²) in [6, 6.07) is 5.42. The number of methoxy groups -OCH3 is 2. The minimum Gasteiger partial charge on any atom is -0.493 e. The molecule has 0 unspecified atom stereocenters. The highest BCUT2D eigenvalue weighted by molar-refractivity contribution is 5.94. The molecular weight excluding hydrogens is 218 g/mol. The van der Waals surface area contributed by atoms with E-state index in [-0.39, 0.29) is 11.8 Å². The van der Waals surface area contributed by atoms with E-state index in [1.165, 1.54) is 0 Å². The fourth-order valence-electron chi connectivity index (χ4n) is 1.55. The van der Waals surface area contributed by atoms with Crippen LogP contribution in [0.5, 0.6) is 11.5 Å². The van der Waals surface area contributed by atoms with Crippen molar-refractivity contribution >= 4 is 11.6 Å². The smallest absolute Gasteiger partial charge is 0.229 e. The number of benzene rings is 1. The zero-order valence-corrected chi connectivity index (χ0v) is 11.0. The summed E-state index contributed by atoms with van der Waals surface area (Å²) in [7, 11) is 4.91. The fourth-order valence-corrected chi connectivity index (χ4v) is 1.55. The highest BCUT2D eigenvalue weighted by atomic mass is 16.5. The molecule has 0 aromatic heterocycles. The fraction of sp³-hybridized carbons (Fsp3) is 0.462. The lowest BCUT2D eigenvalue weighted by Crippen LogP contribution is -2.30. The van der Waals surface area contributed by atoms with Crippen LogP contribution < -0.4 is 14.4 Å². The van der Waals surface area contributed by atoms with Gasteiger partial charge in [0.1, 0.15) is 0 Å². The zero-order chi connectivity index (χ0) is 13.0. The van der Waals surface area contributed by atoms with Crippen molar-refractivity contribution in [1.82, 2.24) is 0 Å². The summed E-state index contributed by atoms with van der Waals surface area (Å²) in [6.07, 6.45) is 0. The Morgan fingerprint density at radius 2 is 1.76 bits per heavy atom. The third-order valence-electron chi connectivity index (χ3n) is 2.58. The Morgan fingerprint density at radius 3 is 2.24 bits per heavy atom. The minimum absolute atomic E-state index is 0.0342. The van der Waals surface area contributed by atoms with E-state index in [0.29, 0.717) is 11.5 Å². The topological polar surface area (TPSA) is 38.8 Å². The van der Waals surface area contributed by atoms with Crippen molar-refractivity contribution in [3.05, 3.63) is 18.2 Å². The molecule has 0 radical (unpaired) electrons. The zero-order valence-electron chi connectivity index (χ0n) is 11.0. The van der Waals surface area contributed by atoms with Crippen molar-refractivity contribution in [2.75, 3.05) is 26.2 Å². The first-order chi connectivity index (χ1) is 8.01. The summed E-state index contributed by atoms with van der Waals surface area (Å²) in [4.78, 5) is 13.5. The van der Waals surface area contributed by atoms with Gasteiger partial charge >= 0.3 is 0 Å². The molecule has 0 atom stereocenters. The average molecular weight is 237 g/mol. The second-order valence-corrected chi connectivity index (χ2v) is 4.09. The van der Waals surface area contributed by atoms with Crippen molar-refractivity contribution in [2.45, 2.75) is 13.8 Å². The highest BCUT2D eigenvalue weighted by Crippen LogP contribution is 2.31. The number of anilines is 1. The highest BCUT2D eigenvalue weighted by Gasteiger charge is 2.16. The van der Waals surface area contributed by atoms with Crippen molar-refractivity contribution in [1.29, 1.82) is 0 Å². The number of carbonyl (C=O) groups is 1. The number of hydrogen-bond acceptors (Lipinski definition) is 3. The maximum absolute atomic E-state index is 11.9. The van der Waals surface area contributed by atoms with E-state index in [4.69, 9.17) is 9.47 Å². The Morgan fingerprint density at radius 1 is 1.18 bits per heavy atom. The molecular formula is C13H19NO3. The number of rotatable bonds is 4. The Hall–Kier alpha value is -1.71. The quantitative estimate of drug-likeness (QED) is 0.806. The van der Waals surface area contributed by atoms with Crippen LogP contribution in [0.1, 0.15) is 13.8 Å². The second kappa shape index (κ2) is 5.57. The lowest BCUT2D eigenvalue weighted by Gasteiger charge is -2.20. The molecule has 4 nitrogen and oxygen atoms in total. The van der Waals surface area contributed by atoms with Gasteiger partial charge in [0, 0.05) is 24.7 Å². The van der Waals surface area contributed by atoms with Crippen LogP contribution in [0.4, 0.5) is 5.69 Å². The first-order valence-corrected chi connectivity index (χ1v) is 5.50. The van der Waals surface area contributed by atoms with Crippen LogP contribution >= 0.6 is 0 Å². The van der Waals surface area contributed by atoms with Gasteiger partial charge < -0.3 is 14.4 Å². The molecule has 1 rings (SSSR count). The summed E-state index contributed by atoms with van der Waals surface area (Å²) >= 11 is 0. The van der Waals surface area contributed by atoms with Crippen LogP contribution in [-0.2, 0) is 4.79 Å². The molecule has 1 aromatic rings. The molecule has 0 aliphatic rings. The van der Waals surface area contributed by atoms with Crippen LogP contribution in [-0.4, -0.2) is 27.2 Å². The van der Waals surface area contributed by atoms with Crippen LogP contribution in [0.2, 0.25) is 0 Å². The molecule has 0 aliphatic heterocycles. The van der Waals surface area contributed by atoms with Crippen molar-refractivity contribution in [3.8, 4) is 11.5 Å². The van der Waals surface area contributed by atoms with Gasteiger partial charge in [0.15, 0.2) is 11.5 Å². The van der Waals surface area contributed by atoms with Crippen LogP contribution in [0.3, 0.4) is 0 Å². The lowest BCUT2D eigenvalue weighted by atomic mass is 10.1. The van der Waals surface area contributed by atoms with Gasteiger partial charge in [-0.2, -0.15) is 0 Å². The van der Waals surface area contributed by atoms with Gasteiger partial charge in [0.2, 0.25) is 5.91 Å². The van der Waals surface area contributed by atoms with Crippen LogP contribution in [0, 0.1) is 5.92 Å². The van der Waals surface area contributed by atoms with E-state index >= 15 is 0 Å². The van der Waals surface area contributed by atoms with Gasteiger partial charge in [-0.05, 0) is 12.1 Å². The molecule has 0 bridgehead atoms. The van der Waals surface area contributed by atoms with Gasteiger partial charge in [-0.25, -0.2) is 0 Å². The summed E-state index contributed by atoms with van der Waals surface area (Å²) in [5.74, 6) is 1.31. The van der Waals surface area contributed by atoms with Crippen molar-refractivity contribution in [2.24, 2.45) is 5.92 Å². The predicted molar refractivity (Wildman–Crippen MR) is 67.8 cm³/mol. The maximum atomic E-state index is 11.9. The Kier molecular flexibility index (Phi) is 4.37. The molecule has 0 heterocycles. The molecule has 1 amide bonds. The molecule has 0 fully saturated rings. The third-order valence-corrected chi connectivity index (χ3v) is 2.58. The summed E-state index contributed by atoms with van der Waals surface area (Å²) in [6.45, 7) is 3.75. The van der Waals surface area contributed by atoms with E-state index in [0.717, 1.165) is 5.69 Å². The SMILES string of the molecule is COc1ccc(N(C)C(=O)C(C)C)cc1OC. The van der Waals surface area contributed by atoms with Gasteiger partial charge in [-0.1, -0.05) is 13.8 Å². The average Bonchev–Trinajstić information content (AvgIpc) is 2.35. The molecule has 17 heavy (non-hydrogen) atoms. The molecule has 4 heteroatoms. The largest absolute Gasteiger partial charge is 0.493 e. The molecule has 1 aromatic carbocycles. The number of nitrogens with zero attached hydrogens (tertiary/aromatic N) is 1. The minimum atomic E-state index is -0.0342. The van der Waals surface area contributed by atoms with E-state index in [2.05, 4.69) is 0 Å². The van der Waals surface area contributed by atoms with E-state index in [1.54, 1.807) is 38.3 Å². The number of hydrogen-bond donors (Lipinski definition) is 0. The normalized spacial score (nSPS) is 10.2. The number of amides is 1. The Bertz CT molecular complexity index is 402. The third kappa shape index (κ3) is 2.90. The van der Waals surface area contributed by atoms with Crippen molar-refractivity contribution < 1.29 is 14.3 Å². The van der Waals surface area contributed by atoms with E-state index in [9.17, 15) is 4.79 Å². The first-order valence-electron chi connectivity index (χ1n) is 5.50. The summed E-state index contributed by atoms with van der Waals surface area (Å²) in [5, 5.41) is 0. The van der Waals surface area contributed by atoms with Gasteiger partial charge in [-0.3, -0.25) is 4.79 Å². The maximum Gasteiger partial charge on any atom is 0.229 e. The molecule has 0 saturated carbocycles. The Balaban J connectivity index is 3.03. The summed E-state index contributed by atoms with van der Waals surface area (Å²) < 4.78 is 10.4. The summed E-state index contributed by atoms with van der Waals surface area (Å²) in [5.41, 5.74) is 0.793. The monoisotopic (exact) mass is 237 g/mol. The molecule has 94 valence electrons. The van der Waals surface area contributed by atoms with E-state index < -0.39 is 0 Å². The molecule has 0 aliphatic carbocycles. The number of carbonyl (C=O) groups excluding carboxylic acids is 1. The van der Waals surface area contributed by atoms with Gasteiger partial charge in [-0.15, -0.1) is 0 Å². The molecule has 0 spiro atoms.